The third-order valence-corrected chi connectivity index (χ3v) is 5.37. The largest absolute Gasteiger partial charge is 0.378 e. The molecular formula is C7H12N4O3S2. The van der Waals surface area contributed by atoms with Crippen LogP contribution in [-0.4, -0.2) is 48.7 Å². The molecule has 1 atom stereocenters. The highest BCUT2D eigenvalue weighted by atomic mass is 32.2. The van der Waals surface area contributed by atoms with Crippen LogP contribution in [-0.2, 0) is 14.8 Å². The topological polar surface area (TPSA) is 98.4 Å². The second kappa shape index (κ2) is 4.24. The van der Waals surface area contributed by atoms with E-state index in [1.165, 1.54) is 4.31 Å². The van der Waals surface area contributed by atoms with Gasteiger partial charge in [0.15, 0.2) is 0 Å². The second-order valence-corrected chi connectivity index (χ2v) is 6.52. The van der Waals surface area contributed by atoms with Gasteiger partial charge in [0.2, 0.25) is 9.47 Å². The molecule has 1 unspecified atom stereocenters. The van der Waals surface area contributed by atoms with Crippen LogP contribution in [0.5, 0.6) is 0 Å². The number of ether oxygens (including phenoxy) is 1. The normalized spacial score (nSPS) is 23.4. The van der Waals surface area contributed by atoms with E-state index in [1.54, 1.807) is 6.92 Å². The lowest BCUT2D eigenvalue weighted by molar-refractivity contribution is 0.0392. The summed E-state index contributed by atoms with van der Waals surface area (Å²) in [5.74, 6) is 0. The average molecular weight is 264 g/mol. The zero-order valence-electron chi connectivity index (χ0n) is 8.66. The molecule has 1 aliphatic rings. The molecule has 1 aliphatic heterocycles. The van der Waals surface area contributed by atoms with E-state index in [2.05, 4.69) is 10.2 Å². The maximum Gasteiger partial charge on any atom is 0.272 e. The Bertz CT molecular complexity index is 472. The van der Waals surface area contributed by atoms with Gasteiger partial charge in [-0.3, -0.25) is 0 Å². The van der Waals surface area contributed by atoms with Gasteiger partial charge in [0.25, 0.3) is 10.0 Å². The second-order valence-electron chi connectivity index (χ2n) is 3.45. The van der Waals surface area contributed by atoms with Crippen molar-refractivity contribution >= 4 is 26.5 Å². The quantitative estimate of drug-likeness (QED) is 0.775. The molecule has 1 saturated heterocycles. The molecule has 0 amide bonds. The molecule has 9 heteroatoms. The number of nitrogen functional groups attached to an aromatic ring is 1. The Kier molecular flexibility index (Phi) is 3.10. The summed E-state index contributed by atoms with van der Waals surface area (Å²) in [5.41, 5.74) is 5.38. The summed E-state index contributed by atoms with van der Waals surface area (Å²) in [5, 5.41) is 7.23. The molecule has 0 spiro atoms. The van der Waals surface area contributed by atoms with Crippen molar-refractivity contribution < 1.29 is 13.2 Å². The Morgan fingerprint density at radius 1 is 1.56 bits per heavy atom. The molecule has 1 aromatic heterocycles. The van der Waals surface area contributed by atoms with Crippen molar-refractivity contribution in [2.75, 3.05) is 25.5 Å². The average Bonchev–Trinajstić information content (AvgIpc) is 2.66. The van der Waals surface area contributed by atoms with Gasteiger partial charge >= 0.3 is 0 Å². The predicted octanol–water partition coefficient (Wildman–Crippen LogP) is -0.470. The van der Waals surface area contributed by atoms with E-state index in [9.17, 15) is 8.42 Å². The monoisotopic (exact) mass is 264 g/mol. The van der Waals surface area contributed by atoms with Gasteiger partial charge in [-0.2, -0.15) is 4.31 Å². The van der Waals surface area contributed by atoms with Crippen LogP contribution in [0.1, 0.15) is 6.92 Å². The number of anilines is 1. The third kappa shape index (κ3) is 2.03. The molecule has 1 aromatic rings. The van der Waals surface area contributed by atoms with Gasteiger partial charge in [-0.25, -0.2) is 8.42 Å². The first kappa shape index (κ1) is 11.7. The summed E-state index contributed by atoms with van der Waals surface area (Å²) in [7, 11) is -3.57. The van der Waals surface area contributed by atoms with Gasteiger partial charge in [-0.05, 0) is 6.92 Å². The van der Waals surface area contributed by atoms with Gasteiger partial charge < -0.3 is 10.5 Å². The van der Waals surface area contributed by atoms with E-state index in [0.717, 1.165) is 11.3 Å². The Hall–Kier alpha value is -0.770. The molecule has 2 rings (SSSR count). The number of nitrogens with two attached hydrogens (primary N) is 1. The van der Waals surface area contributed by atoms with Gasteiger partial charge in [-0.15, -0.1) is 10.2 Å². The predicted molar refractivity (Wildman–Crippen MR) is 58.5 cm³/mol. The summed E-state index contributed by atoms with van der Waals surface area (Å²) in [4.78, 5) is 0. The number of sulfonamides is 1. The third-order valence-electron chi connectivity index (χ3n) is 2.26. The SMILES string of the molecule is CC1COCCN1S(=O)(=O)c1nnc(N)s1. The first-order valence-electron chi connectivity index (χ1n) is 4.70. The minimum atomic E-state index is -3.57. The lowest BCUT2D eigenvalue weighted by Crippen LogP contribution is -2.46. The highest BCUT2D eigenvalue weighted by Gasteiger charge is 2.34. The van der Waals surface area contributed by atoms with Gasteiger partial charge in [-0.1, -0.05) is 11.3 Å². The van der Waals surface area contributed by atoms with Crippen LogP contribution in [0.15, 0.2) is 4.34 Å². The molecule has 0 saturated carbocycles. The van der Waals surface area contributed by atoms with Crippen molar-refractivity contribution in [1.82, 2.24) is 14.5 Å². The highest BCUT2D eigenvalue weighted by molar-refractivity contribution is 7.91. The zero-order valence-corrected chi connectivity index (χ0v) is 10.3. The van der Waals surface area contributed by atoms with Crippen LogP contribution in [0.25, 0.3) is 0 Å². The lowest BCUT2D eigenvalue weighted by atomic mass is 10.3. The fourth-order valence-corrected chi connectivity index (χ4v) is 3.99. The number of morpholine rings is 1. The molecule has 16 heavy (non-hydrogen) atoms. The Labute approximate surface area is 97.3 Å². The van der Waals surface area contributed by atoms with Crippen LogP contribution >= 0.6 is 11.3 Å². The molecule has 1 fully saturated rings. The molecule has 2 N–H and O–H groups in total. The minimum Gasteiger partial charge on any atom is -0.378 e. The number of aromatic nitrogens is 2. The number of hydrogen-bond donors (Lipinski definition) is 1. The van der Waals surface area contributed by atoms with Crippen LogP contribution in [0.3, 0.4) is 0 Å². The van der Waals surface area contributed by atoms with Crippen molar-refractivity contribution in [2.45, 2.75) is 17.3 Å². The van der Waals surface area contributed by atoms with Crippen molar-refractivity contribution in [3.8, 4) is 0 Å². The summed E-state index contributed by atoms with van der Waals surface area (Å²) >= 11 is 0.875. The molecule has 0 bridgehead atoms. The maximum absolute atomic E-state index is 12.1. The fraction of sp³-hybridized carbons (Fsp3) is 0.714. The molecule has 0 radical (unpaired) electrons. The van der Waals surface area contributed by atoms with Crippen LogP contribution in [0.4, 0.5) is 5.13 Å². The molecule has 7 nitrogen and oxygen atoms in total. The highest BCUT2D eigenvalue weighted by Crippen LogP contribution is 2.23. The van der Waals surface area contributed by atoms with Crippen LogP contribution in [0.2, 0.25) is 0 Å². The van der Waals surface area contributed by atoms with Crippen molar-refractivity contribution in [3.05, 3.63) is 0 Å². The van der Waals surface area contributed by atoms with E-state index >= 15 is 0 Å². The zero-order chi connectivity index (χ0) is 11.8. The molecule has 2 heterocycles. The van der Waals surface area contributed by atoms with E-state index < -0.39 is 10.0 Å². The van der Waals surface area contributed by atoms with E-state index in [1.807, 2.05) is 0 Å². The summed E-state index contributed by atoms with van der Waals surface area (Å²) in [6, 6.07) is -0.191. The number of hydrogen-bond acceptors (Lipinski definition) is 7. The van der Waals surface area contributed by atoms with Crippen molar-refractivity contribution in [1.29, 1.82) is 0 Å². The lowest BCUT2D eigenvalue weighted by Gasteiger charge is -2.31. The van der Waals surface area contributed by atoms with Gasteiger partial charge in [0, 0.05) is 12.6 Å². The molecule has 0 aliphatic carbocycles. The minimum absolute atomic E-state index is 0.0567. The number of rotatable bonds is 2. The Balaban J connectivity index is 2.31. The number of nitrogens with zero attached hydrogens (tertiary/aromatic N) is 3. The molecular weight excluding hydrogens is 252 g/mol. The summed E-state index contributed by atoms with van der Waals surface area (Å²) in [6.07, 6.45) is 0. The standard InChI is InChI=1S/C7H12N4O3S2/c1-5-4-14-3-2-11(5)16(12,13)7-10-9-6(8)15-7/h5H,2-4H2,1H3,(H2,8,9). The first-order chi connectivity index (χ1) is 7.51. The van der Waals surface area contributed by atoms with Gasteiger partial charge in [0.05, 0.1) is 13.2 Å². The first-order valence-corrected chi connectivity index (χ1v) is 6.96. The summed E-state index contributed by atoms with van der Waals surface area (Å²) in [6.45, 7) is 2.93. The smallest absolute Gasteiger partial charge is 0.272 e. The molecule has 90 valence electrons. The van der Waals surface area contributed by atoms with Gasteiger partial charge in [0.1, 0.15) is 0 Å². The van der Waals surface area contributed by atoms with E-state index in [0.29, 0.717) is 19.8 Å². The molecule has 0 aromatic carbocycles. The van der Waals surface area contributed by atoms with Crippen molar-refractivity contribution in [3.63, 3.8) is 0 Å². The van der Waals surface area contributed by atoms with Crippen molar-refractivity contribution in [2.24, 2.45) is 0 Å². The van der Waals surface area contributed by atoms with Crippen LogP contribution in [0, 0.1) is 0 Å². The Morgan fingerprint density at radius 2 is 2.31 bits per heavy atom. The van der Waals surface area contributed by atoms with Crippen LogP contribution < -0.4 is 5.73 Å². The maximum atomic E-state index is 12.1. The Morgan fingerprint density at radius 3 is 2.88 bits per heavy atom. The van der Waals surface area contributed by atoms with E-state index in [4.69, 9.17) is 10.5 Å². The summed E-state index contributed by atoms with van der Waals surface area (Å²) < 4.78 is 30.8. The fourth-order valence-electron chi connectivity index (χ4n) is 1.49. The van der Waals surface area contributed by atoms with E-state index in [-0.39, 0.29) is 15.5 Å².